The fourth-order valence-electron chi connectivity index (χ4n) is 2.83. The van der Waals surface area contributed by atoms with E-state index in [9.17, 15) is 15.0 Å². The highest BCUT2D eigenvalue weighted by Crippen LogP contribution is 2.50. The van der Waals surface area contributed by atoms with Gasteiger partial charge in [0.05, 0.1) is 28.4 Å². The van der Waals surface area contributed by atoms with Crippen LogP contribution in [-0.2, 0) is 0 Å². The molecule has 8 nitrogen and oxygen atoms in total. The first-order valence-electron chi connectivity index (χ1n) is 7.83. The third-order valence-electron chi connectivity index (χ3n) is 4.12. The number of ether oxygens (including phenoxy) is 4. The summed E-state index contributed by atoms with van der Waals surface area (Å²) < 4.78 is 26.2. The van der Waals surface area contributed by atoms with Crippen molar-refractivity contribution < 1.29 is 33.6 Å². The van der Waals surface area contributed by atoms with Gasteiger partial charge in [-0.05, 0) is 24.3 Å². The summed E-state index contributed by atoms with van der Waals surface area (Å²) in [7, 11) is 5.40. The van der Waals surface area contributed by atoms with Crippen LogP contribution < -0.4 is 24.4 Å². The maximum absolute atomic E-state index is 12.9. The van der Waals surface area contributed by atoms with Gasteiger partial charge in [-0.3, -0.25) is 4.79 Å². The summed E-state index contributed by atoms with van der Waals surface area (Å²) in [4.78, 5) is 12.9. The third kappa shape index (κ3) is 2.75. The highest BCUT2D eigenvalue weighted by atomic mass is 16.5. The van der Waals surface area contributed by atoms with Gasteiger partial charge in [0.25, 0.3) is 0 Å². The van der Waals surface area contributed by atoms with Crippen LogP contribution in [0.4, 0.5) is 0 Å². The van der Waals surface area contributed by atoms with Crippen LogP contribution in [0.2, 0.25) is 0 Å². The average Bonchev–Trinajstić information content (AvgIpc) is 2.69. The van der Waals surface area contributed by atoms with E-state index in [-0.39, 0.29) is 34.0 Å². The van der Waals surface area contributed by atoms with Gasteiger partial charge in [-0.1, -0.05) is 0 Å². The number of hydrogen-bond acceptors (Lipinski definition) is 8. The van der Waals surface area contributed by atoms with Crippen molar-refractivity contribution in [3.63, 3.8) is 0 Å². The van der Waals surface area contributed by atoms with Crippen LogP contribution in [0.25, 0.3) is 22.3 Å². The van der Waals surface area contributed by atoms with Crippen molar-refractivity contribution >= 4 is 11.0 Å². The van der Waals surface area contributed by atoms with Gasteiger partial charge in [0.1, 0.15) is 11.1 Å². The van der Waals surface area contributed by atoms with Crippen molar-refractivity contribution in [2.75, 3.05) is 28.4 Å². The predicted molar refractivity (Wildman–Crippen MR) is 97.5 cm³/mol. The normalized spacial score (nSPS) is 10.7. The molecule has 27 heavy (non-hydrogen) atoms. The number of aromatic hydroxyl groups is 2. The first-order valence-corrected chi connectivity index (χ1v) is 7.83. The fraction of sp³-hybridized carbons (Fsp3) is 0.211. The summed E-state index contributed by atoms with van der Waals surface area (Å²) in [6.07, 6.45) is 0. The van der Waals surface area contributed by atoms with Crippen LogP contribution in [0, 0.1) is 0 Å². The molecule has 0 unspecified atom stereocenters. The molecule has 0 aliphatic carbocycles. The SMILES string of the molecule is COc1ccc(-c2oc3c(O)c(OC)c(OC)c(O)c3c(=O)c2OC)cc1. The highest BCUT2D eigenvalue weighted by Gasteiger charge is 2.28. The van der Waals surface area contributed by atoms with Gasteiger partial charge in [0, 0.05) is 5.56 Å². The van der Waals surface area contributed by atoms with E-state index in [0.29, 0.717) is 11.3 Å². The molecule has 1 heterocycles. The molecule has 0 bridgehead atoms. The second-order valence-corrected chi connectivity index (χ2v) is 5.49. The Morgan fingerprint density at radius 1 is 0.778 bits per heavy atom. The lowest BCUT2D eigenvalue weighted by Crippen LogP contribution is -2.09. The van der Waals surface area contributed by atoms with Gasteiger partial charge in [0.15, 0.2) is 17.1 Å². The highest BCUT2D eigenvalue weighted by molar-refractivity contribution is 5.96. The Kier molecular flexibility index (Phi) is 4.72. The Labute approximate surface area is 154 Å². The van der Waals surface area contributed by atoms with E-state index >= 15 is 0 Å². The molecule has 0 spiro atoms. The zero-order chi connectivity index (χ0) is 19.7. The Morgan fingerprint density at radius 2 is 1.33 bits per heavy atom. The summed E-state index contributed by atoms with van der Waals surface area (Å²) in [5.41, 5.74) is -0.402. The number of methoxy groups -OCH3 is 4. The van der Waals surface area contributed by atoms with Crippen molar-refractivity contribution in [2.45, 2.75) is 0 Å². The molecule has 0 amide bonds. The molecular formula is C19H18O8. The van der Waals surface area contributed by atoms with Crippen LogP contribution in [0.1, 0.15) is 0 Å². The third-order valence-corrected chi connectivity index (χ3v) is 4.12. The topological polar surface area (TPSA) is 108 Å². The lowest BCUT2D eigenvalue weighted by Gasteiger charge is -2.15. The van der Waals surface area contributed by atoms with E-state index < -0.39 is 16.9 Å². The lowest BCUT2D eigenvalue weighted by molar-refractivity contribution is 0.317. The molecule has 0 saturated heterocycles. The van der Waals surface area contributed by atoms with E-state index in [1.54, 1.807) is 24.3 Å². The molecule has 0 atom stereocenters. The average molecular weight is 374 g/mol. The fourth-order valence-corrected chi connectivity index (χ4v) is 2.83. The predicted octanol–water partition coefficient (Wildman–Crippen LogP) is 2.91. The molecule has 1 aromatic heterocycles. The molecule has 0 fully saturated rings. The summed E-state index contributed by atoms with van der Waals surface area (Å²) in [6.45, 7) is 0. The molecule has 0 saturated carbocycles. The molecular weight excluding hydrogens is 356 g/mol. The summed E-state index contributed by atoms with van der Waals surface area (Å²) >= 11 is 0. The Hall–Kier alpha value is -3.55. The number of phenols is 2. The van der Waals surface area contributed by atoms with Crippen molar-refractivity contribution in [1.82, 2.24) is 0 Å². The van der Waals surface area contributed by atoms with Crippen molar-refractivity contribution in [1.29, 1.82) is 0 Å². The molecule has 0 aliphatic heterocycles. The maximum Gasteiger partial charge on any atom is 0.239 e. The summed E-state index contributed by atoms with van der Waals surface area (Å²) in [6, 6.07) is 6.71. The molecule has 8 heteroatoms. The second kappa shape index (κ2) is 6.99. The van der Waals surface area contributed by atoms with Gasteiger partial charge in [0.2, 0.25) is 28.4 Å². The van der Waals surface area contributed by atoms with Gasteiger partial charge >= 0.3 is 0 Å². The van der Waals surface area contributed by atoms with Crippen molar-refractivity contribution in [2.24, 2.45) is 0 Å². The molecule has 2 N–H and O–H groups in total. The van der Waals surface area contributed by atoms with E-state index in [2.05, 4.69) is 0 Å². The summed E-state index contributed by atoms with van der Waals surface area (Å²) in [5, 5.41) is 20.7. The molecule has 3 aromatic rings. The van der Waals surface area contributed by atoms with Gasteiger partial charge in [-0.15, -0.1) is 0 Å². The van der Waals surface area contributed by atoms with E-state index in [0.717, 1.165) is 0 Å². The van der Waals surface area contributed by atoms with E-state index in [4.69, 9.17) is 23.4 Å². The monoisotopic (exact) mass is 374 g/mol. The van der Waals surface area contributed by atoms with Gasteiger partial charge in [-0.25, -0.2) is 0 Å². The van der Waals surface area contributed by atoms with Crippen LogP contribution in [0.15, 0.2) is 33.5 Å². The number of phenolic OH excluding ortho intramolecular Hbond substituents is 2. The summed E-state index contributed by atoms with van der Waals surface area (Å²) in [5.74, 6) is -0.764. The van der Waals surface area contributed by atoms with Crippen LogP contribution in [0.3, 0.4) is 0 Å². The minimum absolute atomic E-state index is 0.0829. The van der Waals surface area contributed by atoms with Crippen molar-refractivity contribution in [3.8, 4) is 45.8 Å². The molecule has 3 rings (SSSR count). The largest absolute Gasteiger partial charge is 0.504 e. The number of rotatable bonds is 5. The Morgan fingerprint density at radius 3 is 1.85 bits per heavy atom. The number of fused-ring (bicyclic) bond motifs is 1. The quantitative estimate of drug-likeness (QED) is 0.657. The van der Waals surface area contributed by atoms with E-state index in [1.807, 2.05) is 0 Å². The smallest absolute Gasteiger partial charge is 0.239 e. The molecule has 142 valence electrons. The second-order valence-electron chi connectivity index (χ2n) is 5.49. The Balaban J connectivity index is 2.43. The van der Waals surface area contributed by atoms with Crippen LogP contribution >= 0.6 is 0 Å². The first kappa shape index (κ1) is 18.2. The van der Waals surface area contributed by atoms with Gasteiger partial charge < -0.3 is 33.6 Å². The lowest BCUT2D eigenvalue weighted by atomic mass is 10.1. The maximum atomic E-state index is 12.9. The molecule has 2 aromatic carbocycles. The number of benzene rings is 2. The number of hydrogen-bond donors (Lipinski definition) is 2. The van der Waals surface area contributed by atoms with E-state index in [1.165, 1.54) is 28.4 Å². The minimum Gasteiger partial charge on any atom is -0.504 e. The van der Waals surface area contributed by atoms with Crippen molar-refractivity contribution in [3.05, 3.63) is 34.5 Å². The molecule has 0 radical (unpaired) electrons. The molecule has 0 aliphatic rings. The Bertz CT molecular complexity index is 1050. The van der Waals surface area contributed by atoms with Crippen LogP contribution in [-0.4, -0.2) is 38.7 Å². The first-order chi connectivity index (χ1) is 13.0. The van der Waals surface area contributed by atoms with Crippen LogP contribution in [0.5, 0.6) is 34.5 Å². The zero-order valence-electron chi connectivity index (χ0n) is 15.2. The standard InChI is InChI=1S/C19H18O8/c1-23-10-7-5-9(6-8-10)15-17(24-2)12(20)11-13(21)18(25-3)19(26-4)14(22)16(11)27-15/h5-8,21-22H,1-4H3. The van der Waals surface area contributed by atoms with Gasteiger partial charge in [-0.2, -0.15) is 0 Å². The minimum atomic E-state index is -0.668. The zero-order valence-corrected chi connectivity index (χ0v) is 15.2.